The van der Waals surface area contributed by atoms with E-state index < -0.39 is 0 Å². The van der Waals surface area contributed by atoms with Crippen molar-refractivity contribution in [3.63, 3.8) is 0 Å². The summed E-state index contributed by atoms with van der Waals surface area (Å²) in [5.41, 5.74) is 5.66. The molecule has 3 heteroatoms. The molecule has 0 unspecified atom stereocenters. The minimum atomic E-state index is 0.432. The van der Waals surface area contributed by atoms with E-state index in [1.54, 1.807) is 13.3 Å². The van der Waals surface area contributed by atoms with E-state index in [0.29, 0.717) is 11.6 Å². The Morgan fingerprint density at radius 2 is 2.08 bits per heavy atom. The van der Waals surface area contributed by atoms with Gasteiger partial charge in [-0.2, -0.15) is 0 Å². The fourth-order valence-corrected chi connectivity index (χ4v) is 1.37. The number of fused-ring (bicyclic) bond motifs is 1. The van der Waals surface area contributed by atoms with E-state index in [9.17, 15) is 0 Å². The van der Waals surface area contributed by atoms with Crippen molar-refractivity contribution in [2.75, 3.05) is 12.8 Å². The molecule has 66 valence electrons. The highest BCUT2D eigenvalue weighted by Crippen LogP contribution is 2.28. The molecule has 0 saturated heterocycles. The topological polar surface area (TPSA) is 48.1 Å². The van der Waals surface area contributed by atoms with Gasteiger partial charge in [-0.25, -0.2) is 4.98 Å². The van der Waals surface area contributed by atoms with Crippen molar-refractivity contribution in [1.82, 2.24) is 4.98 Å². The normalized spacial score (nSPS) is 10.2. The Labute approximate surface area is 76.2 Å². The second-order valence-electron chi connectivity index (χ2n) is 2.76. The van der Waals surface area contributed by atoms with Crippen molar-refractivity contribution in [3.05, 3.63) is 30.5 Å². The zero-order valence-corrected chi connectivity index (χ0v) is 7.32. The summed E-state index contributed by atoms with van der Waals surface area (Å²) < 4.78 is 5.17. The average molecular weight is 174 g/mol. The maximum absolute atomic E-state index is 5.66. The molecule has 3 nitrogen and oxygen atoms in total. The van der Waals surface area contributed by atoms with Crippen molar-refractivity contribution >= 4 is 16.6 Å². The number of nitrogens with zero attached hydrogens (tertiary/aromatic N) is 1. The zero-order valence-electron chi connectivity index (χ0n) is 7.32. The van der Waals surface area contributed by atoms with Crippen molar-refractivity contribution in [2.45, 2.75) is 0 Å². The summed E-state index contributed by atoms with van der Waals surface area (Å²) in [6.45, 7) is 0. The summed E-state index contributed by atoms with van der Waals surface area (Å²) in [7, 11) is 1.60. The highest BCUT2D eigenvalue weighted by Gasteiger charge is 2.04. The van der Waals surface area contributed by atoms with Gasteiger partial charge in [-0.15, -0.1) is 0 Å². The number of benzene rings is 1. The van der Waals surface area contributed by atoms with Crippen LogP contribution >= 0.6 is 0 Å². The van der Waals surface area contributed by atoms with Gasteiger partial charge in [0.25, 0.3) is 0 Å². The molecule has 2 rings (SSSR count). The van der Waals surface area contributed by atoms with Crippen LogP contribution in [0.2, 0.25) is 0 Å². The van der Waals surface area contributed by atoms with Gasteiger partial charge < -0.3 is 10.5 Å². The number of hydrogen-bond donors (Lipinski definition) is 1. The van der Waals surface area contributed by atoms with Crippen LogP contribution in [0, 0.1) is 0 Å². The van der Waals surface area contributed by atoms with Crippen molar-refractivity contribution in [3.8, 4) is 5.75 Å². The second kappa shape index (κ2) is 2.94. The van der Waals surface area contributed by atoms with Gasteiger partial charge in [0.1, 0.15) is 0 Å². The molecule has 0 aliphatic rings. The number of rotatable bonds is 1. The Balaban J connectivity index is 2.84. The lowest BCUT2D eigenvalue weighted by atomic mass is 10.1. The number of nitrogens with two attached hydrogens (primary N) is 1. The molecule has 0 spiro atoms. The van der Waals surface area contributed by atoms with Crippen molar-refractivity contribution in [1.29, 1.82) is 0 Å². The number of hydrogen-bond acceptors (Lipinski definition) is 3. The van der Waals surface area contributed by atoms with Crippen LogP contribution in [0.1, 0.15) is 0 Å². The summed E-state index contributed by atoms with van der Waals surface area (Å²) >= 11 is 0. The quantitative estimate of drug-likeness (QED) is 0.717. The molecule has 1 heterocycles. The summed E-state index contributed by atoms with van der Waals surface area (Å²) in [4.78, 5) is 4.03. The summed E-state index contributed by atoms with van der Waals surface area (Å²) in [6, 6.07) is 7.85. The molecule has 0 aliphatic carbocycles. The van der Waals surface area contributed by atoms with E-state index in [2.05, 4.69) is 4.98 Å². The third-order valence-electron chi connectivity index (χ3n) is 1.98. The van der Waals surface area contributed by atoms with Gasteiger partial charge in [0.05, 0.1) is 7.11 Å². The fraction of sp³-hybridized carbons (Fsp3) is 0.100. The Morgan fingerprint density at radius 3 is 2.85 bits per heavy atom. The minimum Gasteiger partial charge on any atom is -0.492 e. The third kappa shape index (κ3) is 1.18. The van der Waals surface area contributed by atoms with Gasteiger partial charge in [0, 0.05) is 17.0 Å². The lowest BCUT2D eigenvalue weighted by Crippen LogP contribution is -1.95. The van der Waals surface area contributed by atoms with Gasteiger partial charge in [-0.1, -0.05) is 24.3 Å². The van der Waals surface area contributed by atoms with Gasteiger partial charge in [0.15, 0.2) is 11.6 Å². The first-order valence-electron chi connectivity index (χ1n) is 4.00. The first-order chi connectivity index (χ1) is 6.33. The number of anilines is 1. The Morgan fingerprint density at radius 1 is 1.31 bits per heavy atom. The molecular formula is C10H10N2O. The highest BCUT2D eigenvalue weighted by molar-refractivity contribution is 5.90. The molecule has 0 bridgehead atoms. The molecule has 0 radical (unpaired) electrons. The maximum atomic E-state index is 5.66. The molecule has 2 aromatic rings. The Kier molecular flexibility index (Phi) is 1.77. The smallest absolute Gasteiger partial charge is 0.168 e. The van der Waals surface area contributed by atoms with E-state index in [1.807, 2.05) is 24.3 Å². The lowest BCUT2D eigenvalue weighted by Gasteiger charge is -2.06. The molecule has 2 N–H and O–H groups in total. The highest BCUT2D eigenvalue weighted by atomic mass is 16.5. The van der Waals surface area contributed by atoms with E-state index in [1.165, 1.54) is 0 Å². The molecule has 0 atom stereocenters. The standard InChI is InChI=1S/C10H10N2O/c1-13-9-8-5-3-2-4-7(8)6-12-10(9)11/h2-6H,1H3,(H2,11,12). The van der Waals surface area contributed by atoms with E-state index >= 15 is 0 Å². The van der Waals surface area contributed by atoms with Crippen LogP contribution in [0.25, 0.3) is 10.8 Å². The fourth-order valence-electron chi connectivity index (χ4n) is 1.37. The number of nitrogen functional groups attached to an aromatic ring is 1. The molecule has 1 aromatic carbocycles. The summed E-state index contributed by atoms with van der Waals surface area (Å²) in [5.74, 6) is 1.08. The van der Waals surface area contributed by atoms with E-state index in [4.69, 9.17) is 10.5 Å². The van der Waals surface area contributed by atoms with Crippen LogP contribution in [0.15, 0.2) is 30.5 Å². The van der Waals surface area contributed by atoms with Crippen LogP contribution in [-0.2, 0) is 0 Å². The molecule has 1 aromatic heterocycles. The van der Waals surface area contributed by atoms with Gasteiger partial charge in [-0.3, -0.25) is 0 Å². The second-order valence-corrected chi connectivity index (χ2v) is 2.76. The zero-order chi connectivity index (χ0) is 9.26. The lowest BCUT2D eigenvalue weighted by molar-refractivity contribution is 0.420. The molecule has 0 aliphatic heterocycles. The largest absolute Gasteiger partial charge is 0.492 e. The van der Waals surface area contributed by atoms with Crippen LogP contribution < -0.4 is 10.5 Å². The van der Waals surface area contributed by atoms with Gasteiger partial charge in [-0.05, 0) is 0 Å². The van der Waals surface area contributed by atoms with Gasteiger partial charge in [0.2, 0.25) is 0 Å². The summed E-state index contributed by atoms with van der Waals surface area (Å²) in [6.07, 6.45) is 1.74. The van der Waals surface area contributed by atoms with Crippen LogP contribution in [0.3, 0.4) is 0 Å². The van der Waals surface area contributed by atoms with E-state index in [-0.39, 0.29) is 0 Å². The van der Waals surface area contributed by atoms with Crippen LogP contribution in [0.4, 0.5) is 5.82 Å². The predicted octanol–water partition coefficient (Wildman–Crippen LogP) is 1.83. The van der Waals surface area contributed by atoms with E-state index in [0.717, 1.165) is 10.8 Å². The van der Waals surface area contributed by atoms with Crippen LogP contribution in [-0.4, -0.2) is 12.1 Å². The first-order valence-corrected chi connectivity index (χ1v) is 4.00. The molecule has 0 saturated carbocycles. The number of pyridine rings is 1. The van der Waals surface area contributed by atoms with Crippen molar-refractivity contribution in [2.24, 2.45) is 0 Å². The first kappa shape index (κ1) is 7.86. The monoisotopic (exact) mass is 174 g/mol. The molecule has 0 amide bonds. The van der Waals surface area contributed by atoms with Crippen molar-refractivity contribution < 1.29 is 4.74 Å². The number of ether oxygens (including phenoxy) is 1. The number of aromatic nitrogens is 1. The molecule has 0 fully saturated rings. The SMILES string of the molecule is COc1c(N)ncc2ccccc12. The average Bonchev–Trinajstić information content (AvgIpc) is 2.18. The molecular weight excluding hydrogens is 164 g/mol. The Hall–Kier alpha value is -1.77. The maximum Gasteiger partial charge on any atom is 0.168 e. The predicted molar refractivity (Wildman–Crippen MR) is 52.7 cm³/mol. The Bertz CT molecular complexity index is 440. The molecule has 13 heavy (non-hydrogen) atoms. The minimum absolute atomic E-state index is 0.432. The van der Waals surface area contributed by atoms with Crippen LogP contribution in [0.5, 0.6) is 5.75 Å². The number of methoxy groups -OCH3 is 1. The summed E-state index contributed by atoms with van der Waals surface area (Å²) in [5, 5.41) is 2.03. The van der Waals surface area contributed by atoms with Gasteiger partial charge >= 0.3 is 0 Å². The third-order valence-corrected chi connectivity index (χ3v) is 1.98.